The number of rotatable bonds is 19. The number of nitrogens with one attached hydrogen (secondary N) is 4. The van der Waals surface area contributed by atoms with E-state index < -0.39 is 29.1 Å². The van der Waals surface area contributed by atoms with Gasteiger partial charge in [-0.25, -0.2) is 29.5 Å². The van der Waals surface area contributed by atoms with Gasteiger partial charge in [0, 0.05) is 76.6 Å². The average Bonchev–Trinajstić information content (AvgIpc) is 4.10. The summed E-state index contributed by atoms with van der Waals surface area (Å²) >= 11 is 3.12. The molecule has 420 valence electrons. The van der Waals surface area contributed by atoms with Crippen molar-refractivity contribution in [2.75, 3.05) is 41.0 Å². The molecule has 2 amide bonds. The first-order chi connectivity index (χ1) is 37.9. The minimum Gasteiger partial charge on any atom is -0.496 e. The Hall–Kier alpha value is -6.74. The molecule has 4 aliphatic rings. The molecule has 2 saturated carbocycles. The molecule has 4 fully saturated rings. The van der Waals surface area contributed by atoms with Gasteiger partial charge in [-0.05, 0) is 75.6 Å². The number of benzene rings is 2. The van der Waals surface area contributed by atoms with Crippen LogP contribution in [0.25, 0.3) is 43.2 Å². The van der Waals surface area contributed by atoms with E-state index in [0.29, 0.717) is 62.1 Å². The van der Waals surface area contributed by atoms with Crippen LogP contribution in [0.1, 0.15) is 108 Å². The van der Waals surface area contributed by atoms with E-state index in [1.54, 1.807) is 49.9 Å². The van der Waals surface area contributed by atoms with E-state index in [-0.39, 0.29) is 48.4 Å². The maximum Gasteiger partial charge on any atom is 0.332 e. The summed E-state index contributed by atoms with van der Waals surface area (Å²) in [5, 5.41) is 20.0. The molecule has 20 heteroatoms. The van der Waals surface area contributed by atoms with Crippen molar-refractivity contribution in [1.82, 2.24) is 41.2 Å². The van der Waals surface area contributed by atoms with Crippen LogP contribution in [0.15, 0.2) is 59.8 Å². The molecule has 2 aliphatic carbocycles. The van der Waals surface area contributed by atoms with Crippen molar-refractivity contribution in [3.8, 4) is 44.4 Å². The molecular formula is C59H72N8O10S2. The highest BCUT2D eigenvalue weighted by atomic mass is 32.1. The predicted molar refractivity (Wildman–Crippen MR) is 305 cm³/mol. The number of ether oxygens (including phenoxy) is 6. The Bertz CT molecular complexity index is 3290. The highest BCUT2D eigenvalue weighted by Crippen LogP contribution is 2.48. The van der Waals surface area contributed by atoms with Crippen LogP contribution in [-0.4, -0.2) is 120 Å². The first-order valence-corrected chi connectivity index (χ1v) is 28.9. The third-order valence-corrected chi connectivity index (χ3v) is 17.3. The largest absolute Gasteiger partial charge is 0.496 e. The van der Waals surface area contributed by atoms with Crippen molar-refractivity contribution in [2.45, 2.75) is 135 Å². The minimum absolute atomic E-state index is 0.103. The molecule has 6 heterocycles. The summed E-state index contributed by atoms with van der Waals surface area (Å²) in [5.41, 5.74) is 5.02. The van der Waals surface area contributed by atoms with Crippen molar-refractivity contribution in [3.63, 3.8) is 0 Å². The van der Waals surface area contributed by atoms with Crippen molar-refractivity contribution in [1.29, 1.82) is 0 Å². The fourth-order valence-electron chi connectivity index (χ4n) is 10.6. The molecule has 2 aromatic carbocycles. The number of methoxy groups -OCH3 is 3. The smallest absolute Gasteiger partial charge is 0.332 e. The van der Waals surface area contributed by atoms with Crippen LogP contribution in [0.4, 0.5) is 0 Å². The monoisotopic (exact) mass is 1120 g/mol. The second-order valence-corrected chi connectivity index (χ2v) is 23.1. The molecular weight excluding hydrogens is 1040 g/mol. The first-order valence-electron chi connectivity index (χ1n) is 27.1. The summed E-state index contributed by atoms with van der Waals surface area (Å²) in [7, 11) is 4.65. The number of carbonyl (C=O) groups excluding carboxylic acids is 4. The lowest BCUT2D eigenvalue weighted by Gasteiger charge is -2.20. The van der Waals surface area contributed by atoms with Gasteiger partial charge < -0.3 is 49.7 Å². The van der Waals surface area contributed by atoms with Crippen LogP contribution >= 0.6 is 22.7 Å². The number of amides is 2. The lowest BCUT2D eigenvalue weighted by Crippen LogP contribution is -2.51. The molecule has 8 atom stereocenters. The van der Waals surface area contributed by atoms with Crippen LogP contribution in [0.2, 0.25) is 0 Å². The van der Waals surface area contributed by atoms with Crippen LogP contribution in [-0.2, 0) is 28.7 Å². The molecule has 0 radical (unpaired) electrons. The number of fused-ring (bicyclic) bond motifs is 2. The van der Waals surface area contributed by atoms with E-state index in [0.717, 1.165) is 83.6 Å². The zero-order valence-corrected chi connectivity index (χ0v) is 48.5. The van der Waals surface area contributed by atoms with Gasteiger partial charge in [0.05, 0.1) is 62.4 Å². The second-order valence-electron chi connectivity index (χ2n) is 21.4. The van der Waals surface area contributed by atoms with Crippen molar-refractivity contribution in [3.05, 3.63) is 82.3 Å². The third-order valence-electron chi connectivity index (χ3n) is 15.6. The highest BCUT2D eigenvalue weighted by molar-refractivity contribution is 7.13. The van der Waals surface area contributed by atoms with Crippen LogP contribution in [0, 0.1) is 25.7 Å². The molecule has 0 unspecified atom stereocenters. The number of nitrogens with zero attached hydrogens (tertiary/aromatic N) is 4. The van der Waals surface area contributed by atoms with Gasteiger partial charge in [0.1, 0.15) is 67.7 Å². The van der Waals surface area contributed by atoms with Crippen molar-refractivity contribution < 1.29 is 47.6 Å². The summed E-state index contributed by atoms with van der Waals surface area (Å²) in [4.78, 5) is 70.8. The Morgan fingerprint density at radius 1 is 0.696 bits per heavy atom. The van der Waals surface area contributed by atoms with Gasteiger partial charge in [-0.15, -0.1) is 29.3 Å². The fourth-order valence-corrected chi connectivity index (χ4v) is 12.5. The number of thiazole rings is 2. The summed E-state index contributed by atoms with van der Waals surface area (Å²) in [6.07, 6.45) is 4.04. The standard InChI is InChI=1S/C30H36N4O5S.C29H36N4O5S/c1-7-18-13-30(18,29(36)38-8-2)34-27(35)21-11-19(14-31-21)39-25-12-22(28-33-23(15-40-28)16(3)4)32-26-17(5)24(37-6)10-9-20(25)26;1-7-17-12-29(17,28(35)37-6)33-26(34)20-10-18(13-30-20)38-24-11-21(27-32-22(14-39-27)15(2)3)31-25-16(4)23(36-5)9-8-19(24)25/h7,9-10,12,15-16,18-19,21,31H,1,8,11,13-14H2,2-6H3,(H,34,35);8-9,11,14-15,17-18,20,30H,7,10,12-13H2,1-6H3,(H,33,34)/t18-,19-,21+,30-;17-,18-,20+,29-/m11/s1. The zero-order chi connectivity index (χ0) is 56.5. The van der Waals surface area contributed by atoms with E-state index in [2.05, 4.69) is 66.3 Å². The number of aryl methyl sites for hydroxylation is 2. The number of hydrogen-bond acceptors (Lipinski definition) is 18. The molecule has 0 bridgehead atoms. The second kappa shape index (κ2) is 23.5. The molecule has 4 N–H and O–H groups in total. The van der Waals surface area contributed by atoms with Crippen LogP contribution in [0.5, 0.6) is 23.0 Å². The zero-order valence-electron chi connectivity index (χ0n) is 46.9. The molecule has 10 rings (SSSR count). The molecule has 18 nitrogen and oxygen atoms in total. The highest BCUT2D eigenvalue weighted by Gasteiger charge is 2.62. The van der Waals surface area contributed by atoms with Gasteiger partial charge in [-0.1, -0.05) is 47.1 Å². The molecule has 0 spiro atoms. The molecule has 79 heavy (non-hydrogen) atoms. The molecule has 2 saturated heterocycles. The Morgan fingerprint density at radius 3 is 1.56 bits per heavy atom. The number of esters is 2. The van der Waals surface area contributed by atoms with Gasteiger partial charge >= 0.3 is 11.9 Å². The maximum atomic E-state index is 13.2. The Labute approximate surface area is 469 Å². The van der Waals surface area contributed by atoms with E-state index in [9.17, 15) is 19.2 Å². The SMILES string of the molecule is C=C[C@@H]1C[C@]1(NC(=O)[C@@H]1C[C@@H](Oc2cc(-c3nc(C(C)C)cs3)nc3c(C)c(OC)ccc23)CN1)C(=O)OCC.CC[C@@H]1C[C@]1(NC(=O)[C@@H]1C[C@@H](Oc2cc(-c3nc(C(C)C)cs3)nc3c(C)c(OC)ccc23)CN1)C(=O)OC. The normalized spacial score (nSPS) is 23.9. The van der Waals surface area contributed by atoms with Crippen molar-refractivity contribution in [2.24, 2.45) is 11.8 Å². The average molecular weight is 1120 g/mol. The van der Waals surface area contributed by atoms with Gasteiger partial charge in [0.15, 0.2) is 0 Å². The number of aromatic nitrogens is 4. The van der Waals surface area contributed by atoms with Gasteiger partial charge in [-0.3, -0.25) is 9.59 Å². The van der Waals surface area contributed by atoms with Gasteiger partial charge in [0.2, 0.25) is 11.8 Å². The Kier molecular flexibility index (Phi) is 17.0. The van der Waals surface area contributed by atoms with Crippen molar-refractivity contribution >= 4 is 68.2 Å². The summed E-state index contributed by atoms with van der Waals surface area (Å²) in [5.74, 6) is 2.24. The Morgan fingerprint density at radius 2 is 1.18 bits per heavy atom. The molecule has 4 aromatic heterocycles. The number of hydrogen-bond donors (Lipinski definition) is 4. The van der Waals surface area contributed by atoms with Crippen LogP contribution in [0.3, 0.4) is 0 Å². The number of carbonyl (C=O) groups is 4. The maximum absolute atomic E-state index is 13.2. The Balaban J connectivity index is 0.000000192. The third kappa shape index (κ3) is 11.5. The van der Waals surface area contributed by atoms with Crippen LogP contribution < -0.4 is 40.2 Å². The molecule has 6 aromatic rings. The van der Waals surface area contributed by atoms with E-state index in [4.69, 9.17) is 48.4 Å². The quantitative estimate of drug-likeness (QED) is 0.0439. The fraction of sp³-hybridized carbons (Fsp3) is 0.492. The minimum atomic E-state index is -1.02. The van der Waals surface area contributed by atoms with E-state index >= 15 is 0 Å². The summed E-state index contributed by atoms with van der Waals surface area (Å²) < 4.78 is 34.4. The first kappa shape index (κ1) is 57.0. The lowest BCUT2D eigenvalue weighted by atomic mass is 10.1. The van der Waals surface area contributed by atoms with E-state index in [1.807, 2.05) is 57.2 Å². The van der Waals surface area contributed by atoms with E-state index in [1.165, 1.54) is 7.11 Å². The molecule has 2 aliphatic heterocycles. The summed E-state index contributed by atoms with van der Waals surface area (Å²) in [6, 6.07) is 10.6. The predicted octanol–water partition coefficient (Wildman–Crippen LogP) is 8.90. The lowest BCUT2D eigenvalue weighted by molar-refractivity contribution is -0.149. The topological polar surface area (TPSA) is 223 Å². The number of pyridine rings is 2. The van der Waals surface area contributed by atoms with Gasteiger partial charge in [-0.2, -0.15) is 0 Å². The van der Waals surface area contributed by atoms with Gasteiger partial charge in [0.25, 0.3) is 0 Å². The summed E-state index contributed by atoms with van der Waals surface area (Å²) in [6.45, 7) is 21.2.